The SMILES string of the molecule is C[C@@H](Cc1ccc2c(c1)CCO2)NC(=O)c1ccc(C(F)(F)F)nc1. The summed E-state index contributed by atoms with van der Waals surface area (Å²) in [7, 11) is 0. The van der Waals surface area contributed by atoms with E-state index >= 15 is 0 Å². The summed E-state index contributed by atoms with van der Waals surface area (Å²) in [5, 5.41) is 2.78. The number of nitrogens with zero attached hydrogens (tertiary/aromatic N) is 1. The van der Waals surface area contributed by atoms with Crippen LogP contribution in [0.3, 0.4) is 0 Å². The van der Waals surface area contributed by atoms with Gasteiger partial charge in [0.2, 0.25) is 0 Å². The second kappa shape index (κ2) is 6.74. The predicted molar refractivity (Wildman–Crippen MR) is 85.5 cm³/mol. The Hall–Kier alpha value is -2.57. The van der Waals surface area contributed by atoms with Gasteiger partial charge in [-0.3, -0.25) is 9.78 Å². The van der Waals surface area contributed by atoms with E-state index in [9.17, 15) is 18.0 Å². The highest BCUT2D eigenvalue weighted by molar-refractivity contribution is 5.94. The predicted octanol–water partition coefficient (Wildman–Crippen LogP) is 3.40. The molecule has 25 heavy (non-hydrogen) atoms. The molecule has 1 atom stereocenters. The van der Waals surface area contributed by atoms with Gasteiger partial charge >= 0.3 is 6.18 Å². The molecule has 1 aromatic heterocycles. The lowest BCUT2D eigenvalue weighted by Crippen LogP contribution is -2.34. The first-order valence-corrected chi connectivity index (χ1v) is 7.91. The highest BCUT2D eigenvalue weighted by Crippen LogP contribution is 2.27. The van der Waals surface area contributed by atoms with Crippen molar-refractivity contribution in [2.24, 2.45) is 0 Å². The first-order chi connectivity index (χ1) is 11.8. The van der Waals surface area contributed by atoms with E-state index in [-0.39, 0.29) is 11.6 Å². The average Bonchev–Trinajstić information content (AvgIpc) is 3.01. The fraction of sp³-hybridized carbons (Fsp3) is 0.333. The van der Waals surface area contributed by atoms with Crippen LogP contribution in [0.15, 0.2) is 36.5 Å². The number of carbonyl (C=O) groups is 1. The van der Waals surface area contributed by atoms with E-state index in [1.807, 2.05) is 19.1 Å². The molecule has 132 valence electrons. The van der Waals surface area contributed by atoms with Crippen molar-refractivity contribution in [1.82, 2.24) is 10.3 Å². The molecule has 0 aliphatic carbocycles. The third-order valence-corrected chi connectivity index (χ3v) is 3.99. The molecule has 1 aliphatic heterocycles. The Bertz CT molecular complexity index is 773. The van der Waals surface area contributed by atoms with Crippen molar-refractivity contribution in [2.75, 3.05) is 6.61 Å². The molecule has 0 radical (unpaired) electrons. The lowest BCUT2D eigenvalue weighted by Gasteiger charge is -2.15. The van der Waals surface area contributed by atoms with Crippen LogP contribution < -0.4 is 10.1 Å². The van der Waals surface area contributed by atoms with Crippen molar-refractivity contribution in [3.63, 3.8) is 0 Å². The van der Waals surface area contributed by atoms with Crippen molar-refractivity contribution in [3.8, 4) is 5.75 Å². The van der Waals surface area contributed by atoms with Crippen LogP contribution in [0.4, 0.5) is 13.2 Å². The number of hydrogen-bond acceptors (Lipinski definition) is 3. The number of alkyl halides is 3. The summed E-state index contributed by atoms with van der Waals surface area (Å²) in [6.07, 6.45) is -2.08. The minimum absolute atomic E-state index is 0.0993. The molecule has 2 heterocycles. The minimum atomic E-state index is -4.51. The van der Waals surface area contributed by atoms with Gasteiger partial charge in [-0.1, -0.05) is 12.1 Å². The Balaban J connectivity index is 1.60. The van der Waals surface area contributed by atoms with Gasteiger partial charge in [0.15, 0.2) is 0 Å². The number of ether oxygens (including phenoxy) is 1. The molecule has 1 aromatic carbocycles. The molecule has 1 N–H and O–H groups in total. The smallest absolute Gasteiger partial charge is 0.433 e. The number of halogens is 3. The molecule has 0 bridgehead atoms. The largest absolute Gasteiger partial charge is 0.493 e. The molecule has 4 nitrogen and oxygen atoms in total. The monoisotopic (exact) mass is 350 g/mol. The van der Waals surface area contributed by atoms with Crippen molar-refractivity contribution in [3.05, 3.63) is 58.9 Å². The summed E-state index contributed by atoms with van der Waals surface area (Å²) in [5.41, 5.74) is 1.31. The van der Waals surface area contributed by atoms with Crippen molar-refractivity contribution < 1.29 is 22.7 Å². The number of benzene rings is 1. The summed E-state index contributed by atoms with van der Waals surface area (Å²) in [6, 6.07) is 7.70. The van der Waals surface area contributed by atoms with Crippen molar-refractivity contribution >= 4 is 5.91 Å². The number of hydrogen-bond donors (Lipinski definition) is 1. The lowest BCUT2D eigenvalue weighted by atomic mass is 10.0. The van der Waals surface area contributed by atoms with Gasteiger partial charge in [-0.25, -0.2) is 0 Å². The zero-order valence-electron chi connectivity index (χ0n) is 13.6. The van der Waals surface area contributed by atoms with E-state index in [0.29, 0.717) is 13.0 Å². The van der Waals surface area contributed by atoms with Gasteiger partial charge in [0.05, 0.1) is 12.2 Å². The quantitative estimate of drug-likeness (QED) is 0.920. The van der Waals surface area contributed by atoms with Crippen LogP contribution >= 0.6 is 0 Å². The zero-order chi connectivity index (χ0) is 18.0. The van der Waals surface area contributed by atoms with Crippen LogP contribution in [-0.4, -0.2) is 23.5 Å². The third-order valence-electron chi connectivity index (χ3n) is 3.99. The van der Waals surface area contributed by atoms with E-state index in [1.54, 1.807) is 0 Å². The second-order valence-corrected chi connectivity index (χ2v) is 6.05. The Morgan fingerprint density at radius 1 is 1.32 bits per heavy atom. The number of amides is 1. The molecule has 0 spiro atoms. The highest BCUT2D eigenvalue weighted by Gasteiger charge is 2.32. The Morgan fingerprint density at radius 2 is 2.12 bits per heavy atom. The average molecular weight is 350 g/mol. The van der Waals surface area contributed by atoms with E-state index in [4.69, 9.17) is 4.74 Å². The van der Waals surface area contributed by atoms with Crippen molar-refractivity contribution in [1.29, 1.82) is 0 Å². The molecular weight excluding hydrogens is 333 g/mol. The summed E-state index contributed by atoms with van der Waals surface area (Å²) >= 11 is 0. The fourth-order valence-corrected chi connectivity index (χ4v) is 2.77. The van der Waals surface area contributed by atoms with Crippen LogP contribution in [-0.2, 0) is 19.0 Å². The zero-order valence-corrected chi connectivity index (χ0v) is 13.6. The summed E-state index contributed by atoms with van der Waals surface area (Å²) in [4.78, 5) is 15.4. The summed E-state index contributed by atoms with van der Waals surface area (Å²) < 4.78 is 42.9. The van der Waals surface area contributed by atoms with Crippen LogP contribution in [0.1, 0.15) is 34.1 Å². The van der Waals surface area contributed by atoms with Crippen LogP contribution in [0.25, 0.3) is 0 Å². The van der Waals surface area contributed by atoms with Gasteiger partial charge < -0.3 is 10.1 Å². The third kappa shape index (κ3) is 4.10. The van der Waals surface area contributed by atoms with Crippen LogP contribution in [0.5, 0.6) is 5.75 Å². The minimum Gasteiger partial charge on any atom is -0.493 e. The second-order valence-electron chi connectivity index (χ2n) is 6.05. The molecule has 0 fully saturated rings. The number of nitrogens with one attached hydrogen (secondary N) is 1. The number of aromatic nitrogens is 1. The topological polar surface area (TPSA) is 51.2 Å². The van der Waals surface area contributed by atoms with Crippen LogP contribution in [0.2, 0.25) is 0 Å². The van der Waals surface area contributed by atoms with Gasteiger partial charge in [0.25, 0.3) is 5.91 Å². The standard InChI is InChI=1S/C18H17F3N2O2/c1-11(8-12-2-4-15-13(9-12)6-7-25-15)23-17(24)14-3-5-16(22-10-14)18(19,20)21/h2-5,9-11H,6-8H2,1H3,(H,23,24)/t11-/m0/s1. The molecule has 0 unspecified atom stereocenters. The Labute approximate surface area is 143 Å². The fourth-order valence-electron chi connectivity index (χ4n) is 2.77. The maximum Gasteiger partial charge on any atom is 0.433 e. The molecule has 2 aromatic rings. The molecular formula is C18H17F3N2O2. The number of rotatable bonds is 4. The molecule has 1 amide bonds. The van der Waals surface area contributed by atoms with E-state index < -0.39 is 17.8 Å². The lowest BCUT2D eigenvalue weighted by molar-refractivity contribution is -0.141. The van der Waals surface area contributed by atoms with Gasteiger partial charge in [0.1, 0.15) is 11.4 Å². The normalized spacial score (nSPS) is 14.6. The number of carbonyl (C=O) groups excluding carboxylic acids is 1. The highest BCUT2D eigenvalue weighted by atomic mass is 19.4. The van der Waals surface area contributed by atoms with E-state index in [1.165, 1.54) is 0 Å². The maximum absolute atomic E-state index is 12.5. The van der Waals surface area contributed by atoms with E-state index in [2.05, 4.69) is 16.4 Å². The number of pyridine rings is 1. The molecule has 7 heteroatoms. The first-order valence-electron chi connectivity index (χ1n) is 7.91. The molecule has 0 saturated heterocycles. The van der Waals surface area contributed by atoms with Gasteiger partial charge in [-0.2, -0.15) is 13.2 Å². The van der Waals surface area contributed by atoms with Crippen LogP contribution in [0, 0.1) is 0 Å². The van der Waals surface area contributed by atoms with Crippen molar-refractivity contribution in [2.45, 2.75) is 32.0 Å². The first kappa shape index (κ1) is 17.3. The Kier molecular flexibility index (Phi) is 4.65. The van der Waals surface area contributed by atoms with E-state index in [0.717, 1.165) is 41.6 Å². The van der Waals surface area contributed by atoms with Gasteiger partial charge in [-0.15, -0.1) is 0 Å². The molecule has 3 rings (SSSR count). The maximum atomic E-state index is 12.5. The summed E-state index contributed by atoms with van der Waals surface area (Å²) in [5.74, 6) is 0.453. The van der Waals surface area contributed by atoms with Gasteiger partial charge in [0, 0.05) is 18.7 Å². The molecule has 1 aliphatic rings. The number of fused-ring (bicyclic) bond motifs is 1. The summed E-state index contributed by atoms with van der Waals surface area (Å²) in [6.45, 7) is 2.53. The van der Waals surface area contributed by atoms with Gasteiger partial charge in [-0.05, 0) is 42.7 Å². The Morgan fingerprint density at radius 3 is 2.80 bits per heavy atom. The molecule has 0 saturated carbocycles.